The Morgan fingerprint density at radius 1 is 1.45 bits per heavy atom. The first-order valence-corrected chi connectivity index (χ1v) is 6.83. The maximum absolute atomic E-state index is 14.1. The molecule has 1 amide bonds. The first-order chi connectivity index (χ1) is 9.29. The summed E-state index contributed by atoms with van der Waals surface area (Å²) in [4.78, 5) is 13.8. The summed E-state index contributed by atoms with van der Waals surface area (Å²) >= 11 is 0. The number of amides is 1. The van der Waals surface area contributed by atoms with E-state index >= 15 is 0 Å². The smallest absolute Gasteiger partial charge is 0.410 e. The molecule has 1 aromatic rings. The van der Waals surface area contributed by atoms with Gasteiger partial charge in [-0.05, 0) is 39.7 Å². The molecule has 2 rings (SSSR count). The molecule has 5 heteroatoms. The highest BCUT2D eigenvalue weighted by Crippen LogP contribution is 2.35. The van der Waals surface area contributed by atoms with Crippen LogP contribution >= 0.6 is 0 Å². The molecule has 1 atom stereocenters. The number of carbonyl (C=O) groups is 1. The highest BCUT2D eigenvalue weighted by molar-refractivity contribution is 5.69. The van der Waals surface area contributed by atoms with E-state index < -0.39 is 17.5 Å². The van der Waals surface area contributed by atoms with Gasteiger partial charge in [0.05, 0.1) is 11.7 Å². The Morgan fingerprint density at radius 2 is 2.15 bits per heavy atom. The predicted molar refractivity (Wildman–Crippen MR) is 75.7 cm³/mol. The Balaban J connectivity index is 2.23. The number of nitrogen functional groups attached to an aromatic ring is 1. The zero-order chi connectivity index (χ0) is 14.9. The molecule has 1 heterocycles. The van der Waals surface area contributed by atoms with Crippen LogP contribution < -0.4 is 5.73 Å². The number of ether oxygens (including phenoxy) is 1. The van der Waals surface area contributed by atoms with Crippen LogP contribution in [0.5, 0.6) is 0 Å². The fourth-order valence-corrected chi connectivity index (χ4v) is 2.45. The van der Waals surface area contributed by atoms with E-state index in [9.17, 15) is 9.18 Å². The van der Waals surface area contributed by atoms with Gasteiger partial charge in [0.25, 0.3) is 0 Å². The quantitative estimate of drug-likeness (QED) is 0.801. The third-order valence-corrected chi connectivity index (χ3v) is 3.30. The van der Waals surface area contributed by atoms with Crippen molar-refractivity contribution < 1.29 is 13.9 Å². The molecule has 2 N–H and O–H groups in total. The zero-order valence-electron chi connectivity index (χ0n) is 12.1. The van der Waals surface area contributed by atoms with Crippen LogP contribution in [-0.4, -0.2) is 23.1 Å². The highest BCUT2D eigenvalue weighted by Gasteiger charge is 2.34. The third kappa shape index (κ3) is 3.03. The predicted octanol–water partition coefficient (Wildman–Crippen LogP) is 3.48. The average molecular weight is 280 g/mol. The Labute approximate surface area is 118 Å². The first-order valence-electron chi connectivity index (χ1n) is 6.83. The number of anilines is 1. The van der Waals surface area contributed by atoms with Gasteiger partial charge in [0, 0.05) is 12.1 Å². The lowest BCUT2D eigenvalue weighted by Gasteiger charge is -2.29. The number of nitrogens with two attached hydrogens (primary N) is 1. The van der Waals surface area contributed by atoms with Crippen LogP contribution in [0.1, 0.15) is 45.2 Å². The highest BCUT2D eigenvalue weighted by atomic mass is 19.1. The average Bonchev–Trinajstić information content (AvgIpc) is 2.79. The number of halogens is 1. The van der Waals surface area contributed by atoms with Crippen LogP contribution in [-0.2, 0) is 4.74 Å². The Hall–Kier alpha value is -1.78. The van der Waals surface area contributed by atoms with E-state index in [-0.39, 0.29) is 11.7 Å². The molecule has 110 valence electrons. The number of likely N-dealkylation sites (tertiary alicyclic amines) is 1. The summed E-state index contributed by atoms with van der Waals surface area (Å²) in [6, 6.07) is 4.61. The summed E-state index contributed by atoms with van der Waals surface area (Å²) in [6.45, 7) is 6.03. The van der Waals surface area contributed by atoms with E-state index in [1.54, 1.807) is 17.0 Å². The van der Waals surface area contributed by atoms with E-state index in [1.807, 2.05) is 20.8 Å². The Morgan fingerprint density at radius 3 is 2.80 bits per heavy atom. The second-order valence-electron chi connectivity index (χ2n) is 6.08. The van der Waals surface area contributed by atoms with Gasteiger partial charge < -0.3 is 15.4 Å². The van der Waals surface area contributed by atoms with Crippen molar-refractivity contribution in [1.29, 1.82) is 0 Å². The summed E-state index contributed by atoms with van der Waals surface area (Å²) < 4.78 is 19.5. The van der Waals surface area contributed by atoms with Gasteiger partial charge in [0.2, 0.25) is 0 Å². The first kappa shape index (κ1) is 14.6. The molecule has 1 aliphatic heterocycles. The van der Waals surface area contributed by atoms with Crippen molar-refractivity contribution in [1.82, 2.24) is 4.90 Å². The van der Waals surface area contributed by atoms with Gasteiger partial charge in [-0.3, -0.25) is 0 Å². The van der Waals surface area contributed by atoms with Crippen molar-refractivity contribution in [3.63, 3.8) is 0 Å². The number of nitrogens with zero attached hydrogens (tertiary/aromatic N) is 1. The van der Waals surface area contributed by atoms with Crippen molar-refractivity contribution in [2.24, 2.45) is 0 Å². The molecule has 0 spiro atoms. The molecule has 0 bridgehead atoms. The number of rotatable bonds is 1. The van der Waals surface area contributed by atoms with Crippen LogP contribution in [0, 0.1) is 5.82 Å². The second kappa shape index (κ2) is 5.31. The van der Waals surface area contributed by atoms with Crippen LogP contribution in [0.25, 0.3) is 0 Å². The number of carbonyl (C=O) groups excluding carboxylic acids is 1. The van der Waals surface area contributed by atoms with E-state index in [4.69, 9.17) is 10.5 Å². The third-order valence-electron chi connectivity index (χ3n) is 3.30. The number of benzene rings is 1. The van der Waals surface area contributed by atoms with E-state index in [1.165, 1.54) is 6.07 Å². The lowest BCUT2D eigenvalue weighted by molar-refractivity contribution is 0.0222. The van der Waals surface area contributed by atoms with Crippen molar-refractivity contribution in [2.75, 3.05) is 12.3 Å². The molecule has 1 aliphatic rings. The summed E-state index contributed by atoms with van der Waals surface area (Å²) in [5, 5.41) is 0. The monoisotopic (exact) mass is 280 g/mol. The largest absolute Gasteiger partial charge is 0.444 e. The van der Waals surface area contributed by atoms with Gasteiger partial charge in [-0.25, -0.2) is 9.18 Å². The molecule has 1 aromatic carbocycles. The molecule has 0 saturated carbocycles. The molecule has 0 aromatic heterocycles. The minimum atomic E-state index is -0.557. The maximum atomic E-state index is 14.1. The Kier molecular flexibility index (Phi) is 3.88. The molecular formula is C15H21FN2O2. The van der Waals surface area contributed by atoms with Crippen molar-refractivity contribution in [3.05, 3.63) is 29.6 Å². The lowest BCUT2D eigenvalue weighted by Crippen LogP contribution is -2.36. The zero-order valence-corrected chi connectivity index (χ0v) is 12.1. The number of hydrogen-bond acceptors (Lipinski definition) is 3. The molecule has 20 heavy (non-hydrogen) atoms. The topological polar surface area (TPSA) is 55.6 Å². The lowest BCUT2D eigenvalue weighted by atomic mass is 10.0. The van der Waals surface area contributed by atoms with Crippen molar-refractivity contribution in [3.8, 4) is 0 Å². The normalized spacial score (nSPS) is 19.2. The fraction of sp³-hybridized carbons (Fsp3) is 0.533. The van der Waals surface area contributed by atoms with Gasteiger partial charge in [-0.1, -0.05) is 12.1 Å². The minimum absolute atomic E-state index is 0.110. The van der Waals surface area contributed by atoms with Gasteiger partial charge in [0.1, 0.15) is 5.60 Å². The molecule has 1 fully saturated rings. The molecular weight excluding hydrogens is 259 g/mol. The summed E-state index contributed by atoms with van der Waals surface area (Å²) in [5.41, 5.74) is 5.62. The van der Waals surface area contributed by atoms with Crippen LogP contribution in [0.15, 0.2) is 18.2 Å². The van der Waals surface area contributed by atoms with Crippen LogP contribution in [0.4, 0.5) is 14.9 Å². The molecule has 4 nitrogen and oxygen atoms in total. The van der Waals surface area contributed by atoms with Gasteiger partial charge in [0.15, 0.2) is 5.82 Å². The summed E-state index contributed by atoms with van der Waals surface area (Å²) in [6.07, 6.45) is 1.15. The maximum Gasteiger partial charge on any atom is 0.410 e. The standard InChI is InChI=1S/C15H21FN2O2/c1-15(2,3)20-14(19)18-9-5-8-12(18)10-6-4-7-11(17)13(10)16/h4,6-7,12H,5,8-9,17H2,1-3H3/t12-/m1/s1. The van der Waals surface area contributed by atoms with Crippen molar-refractivity contribution >= 4 is 11.8 Å². The van der Waals surface area contributed by atoms with Crippen LogP contribution in [0.2, 0.25) is 0 Å². The van der Waals surface area contributed by atoms with Crippen LogP contribution in [0.3, 0.4) is 0 Å². The van der Waals surface area contributed by atoms with Gasteiger partial charge in [-0.2, -0.15) is 0 Å². The molecule has 0 radical (unpaired) electrons. The SMILES string of the molecule is CC(C)(C)OC(=O)N1CCC[C@@H]1c1cccc(N)c1F. The van der Waals surface area contributed by atoms with E-state index in [0.717, 1.165) is 12.8 Å². The molecule has 0 aliphatic carbocycles. The van der Waals surface area contributed by atoms with Gasteiger partial charge in [-0.15, -0.1) is 0 Å². The molecule has 1 saturated heterocycles. The summed E-state index contributed by atoms with van der Waals surface area (Å²) in [7, 11) is 0. The van der Waals surface area contributed by atoms with E-state index in [0.29, 0.717) is 12.1 Å². The molecule has 0 unspecified atom stereocenters. The number of hydrogen-bond donors (Lipinski definition) is 1. The fourth-order valence-electron chi connectivity index (χ4n) is 2.45. The Bertz CT molecular complexity index is 511. The van der Waals surface area contributed by atoms with Gasteiger partial charge >= 0.3 is 6.09 Å². The summed E-state index contributed by atoms with van der Waals surface area (Å²) in [5.74, 6) is -0.437. The van der Waals surface area contributed by atoms with E-state index in [2.05, 4.69) is 0 Å². The van der Waals surface area contributed by atoms with Crippen molar-refractivity contribution in [2.45, 2.75) is 45.3 Å². The second-order valence-corrected chi connectivity index (χ2v) is 6.08. The minimum Gasteiger partial charge on any atom is -0.444 e.